The number of aromatic nitrogens is 2. The van der Waals surface area contributed by atoms with E-state index in [1.54, 1.807) is 28.9 Å². The van der Waals surface area contributed by atoms with Gasteiger partial charge in [0.25, 0.3) is 5.91 Å². The van der Waals surface area contributed by atoms with Crippen molar-refractivity contribution < 1.29 is 14.3 Å². The first kappa shape index (κ1) is 13.5. The van der Waals surface area contributed by atoms with Crippen molar-refractivity contribution in [3.8, 4) is 0 Å². The minimum Gasteiger partial charge on any atom is -0.373 e. The molecule has 1 aromatic heterocycles. The molecule has 1 atom stereocenters. The van der Waals surface area contributed by atoms with Crippen molar-refractivity contribution >= 4 is 11.8 Å². The maximum Gasteiger partial charge on any atom is 0.287 e. The molecule has 1 N–H and O–H groups in total. The number of hydrogen-bond donors (Lipinski definition) is 1. The number of hydrogen-bond acceptors (Lipinski definition) is 4. The summed E-state index contributed by atoms with van der Waals surface area (Å²) in [5, 5.41) is 2.77. The van der Waals surface area contributed by atoms with Crippen molar-refractivity contribution in [1.82, 2.24) is 19.8 Å². The fraction of sp³-hybridized carbons (Fsp3) is 0.583. The SMILES string of the molecule is CC(=O)N1CCO[C@@H](CNC(=O)c2nccn2C)C1. The maximum atomic E-state index is 11.9. The van der Waals surface area contributed by atoms with E-state index < -0.39 is 0 Å². The van der Waals surface area contributed by atoms with Crippen molar-refractivity contribution in [2.24, 2.45) is 7.05 Å². The van der Waals surface area contributed by atoms with Gasteiger partial charge in [-0.3, -0.25) is 9.59 Å². The Morgan fingerprint density at radius 1 is 1.58 bits per heavy atom. The second-order valence-corrected chi connectivity index (χ2v) is 4.53. The van der Waals surface area contributed by atoms with Crippen LogP contribution in [-0.4, -0.2) is 58.6 Å². The molecule has 7 heteroatoms. The number of ether oxygens (including phenoxy) is 1. The number of carbonyl (C=O) groups is 2. The average Bonchev–Trinajstić information content (AvgIpc) is 2.82. The minimum atomic E-state index is -0.240. The molecule has 104 valence electrons. The number of nitrogens with one attached hydrogen (secondary N) is 1. The molecule has 1 aliphatic heterocycles. The zero-order chi connectivity index (χ0) is 13.8. The van der Waals surface area contributed by atoms with Gasteiger partial charge in [0, 0.05) is 46.0 Å². The number of imidazole rings is 1. The fourth-order valence-corrected chi connectivity index (χ4v) is 2.00. The molecule has 2 heterocycles. The van der Waals surface area contributed by atoms with Crippen LogP contribution in [0.1, 0.15) is 17.5 Å². The standard InChI is InChI=1S/C12H18N4O3/c1-9(17)16-5-6-19-10(8-16)7-14-12(18)11-13-3-4-15(11)2/h3-4,10H,5-8H2,1-2H3,(H,14,18)/t10-/m0/s1. The smallest absolute Gasteiger partial charge is 0.287 e. The Kier molecular flexibility index (Phi) is 4.16. The second kappa shape index (κ2) is 5.83. The van der Waals surface area contributed by atoms with Crippen molar-refractivity contribution in [3.05, 3.63) is 18.2 Å². The lowest BCUT2D eigenvalue weighted by molar-refractivity contribution is -0.136. The van der Waals surface area contributed by atoms with Crippen LogP contribution in [0.15, 0.2) is 12.4 Å². The Hall–Kier alpha value is -1.89. The Bertz CT molecular complexity index is 471. The van der Waals surface area contributed by atoms with Gasteiger partial charge in [-0.15, -0.1) is 0 Å². The molecular formula is C12H18N4O3. The van der Waals surface area contributed by atoms with Crippen molar-refractivity contribution in [3.63, 3.8) is 0 Å². The summed E-state index contributed by atoms with van der Waals surface area (Å²) in [6.45, 7) is 3.53. The van der Waals surface area contributed by atoms with E-state index in [0.29, 0.717) is 32.1 Å². The van der Waals surface area contributed by atoms with E-state index in [0.717, 1.165) is 0 Å². The maximum absolute atomic E-state index is 11.9. The summed E-state index contributed by atoms with van der Waals surface area (Å²) in [6, 6.07) is 0. The van der Waals surface area contributed by atoms with Gasteiger partial charge in [0.2, 0.25) is 5.91 Å². The first-order valence-electron chi connectivity index (χ1n) is 6.20. The quantitative estimate of drug-likeness (QED) is 0.792. The van der Waals surface area contributed by atoms with E-state index in [2.05, 4.69) is 10.3 Å². The largest absolute Gasteiger partial charge is 0.373 e. The van der Waals surface area contributed by atoms with Gasteiger partial charge in [-0.25, -0.2) is 4.98 Å². The van der Waals surface area contributed by atoms with Gasteiger partial charge >= 0.3 is 0 Å². The molecule has 0 aliphatic carbocycles. The third-order valence-corrected chi connectivity index (χ3v) is 3.10. The van der Waals surface area contributed by atoms with Crippen LogP contribution in [0.2, 0.25) is 0 Å². The lowest BCUT2D eigenvalue weighted by atomic mass is 10.2. The van der Waals surface area contributed by atoms with Crippen LogP contribution in [0.3, 0.4) is 0 Å². The molecule has 1 aromatic rings. The van der Waals surface area contributed by atoms with E-state index >= 15 is 0 Å². The highest BCUT2D eigenvalue weighted by Crippen LogP contribution is 2.05. The van der Waals surface area contributed by atoms with Crippen LogP contribution < -0.4 is 5.32 Å². The highest BCUT2D eigenvalue weighted by atomic mass is 16.5. The van der Waals surface area contributed by atoms with Crippen molar-refractivity contribution in [2.45, 2.75) is 13.0 Å². The lowest BCUT2D eigenvalue weighted by Gasteiger charge is -2.32. The van der Waals surface area contributed by atoms with Crippen LogP contribution in [-0.2, 0) is 16.6 Å². The molecular weight excluding hydrogens is 248 g/mol. The normalized spacial score (nSPS) is 19.3. The van der Waals surface area contributed by atoms with Crippen LogP contribution in [0, 0.1) is 0 Å². The van der Waals surface area contributed by atoms with Gasteiger partial charge in [0.1, 0.15) is 0 Å². The Labute approximate surface area is 111 Å². The molecule has 0 bridgehead atoms. The highest BCUT2D eigenvalue weighted by Gasteiger charge is 2.23. The summed E-state index contributed by atoms with van der Waals surface area (Å²) in [6.07, 6.45) is 3.12. The molecule has 2 rings (SSSR count). The zero-order valence-corrected chi connectivity index (χ0v) is 11.1. The summed E-state index contributed by atoms with van der Waals surface area (Å²) >= 11 is 0. The Balaban J connectivity index is 1.84. The molecule has 0 radical (unpaired) electrons. The number of morpholine rings is 1. The third kappa shape index (κ3) is 3.31. The highest BCUT2D eigenvalue weighted by molar-refractivity contribution is 5.90. The molecule has 0 saturated carbocycles. The fourth-order valence-electron chi connectivity index (χ4n) is 2.00. The van der Waals surface area contributed by atoms with Crippen LogP contribution in [0.5, 0.6) is 0 Å². The molecule has 0 unspecified atom stereocenters. The molecule has 7 nitrogen and oxygen atoms in total. The van der Waals surface area contributed by atoms with Crippen LogP contribution >= 0.6 is 0 Å². The molecule has 1 aliphatic rings. The first-order valence-corrected chi connectivity index (χ1v) is 6.20. The number of amides is 2. The second-order valence-electron chi connectivity index (χ2n) is 4.53. The lowest BCUT2D eigenvalue weighted by Crippen LogP contribution is -2.49. The number of aryl methyl sites for hydroxylation is 1. The van der Waals surface area contributed by atoms with Crippen molar-refractivity contribution in [1.29, 1.82) is 0 Å². The monoisotopic (exact) mass is 266 g/mol. The van der Waals surface area contributed by atoms with Crippen molar-refractivity contribution in [2.75, 3.05) is 26.2 Å². The number of rotatable bonds is 3. The molecule has 2 amide bonds. The van der Waals surface area contributed by atoms with E-state index in [9.17, 15) is 9.59 Å². The molecule has 0 aromatic carbocycles. The number of carbonyl (C=O) groups excluding carboxylic acids is 2. The summed E-state index contributed by atoms with van der Waals surface area (Å²) in [5.74, 6) is 0.152. The summed E-state index contributed by atoms with van der Waals surface area (Å²) < 4.78 is 7.17. The number of nitrogens with zero attached hydrogens (tertiary/aromatic N) is 3. The molecule has 1 saturated heterocycles. The van der Waals surface area contributed by atoms with Gasteiger partial charge in [-0.05, 0) is 0 Å². The summed E-state index contributed by atoms with van der Waals surface area (Å²) in [5.41, 5.74) is 0. The predicted molar refractivity (Wildman–Crippen MR) is 67.5 cm³/mol. The topological polar surface area (TPSA) is 76.5 Å². The first-order chi connectivity index (χ1) is 9.08. The Morgan fingerprint density at radius 3 is 3.00 bits per heavy atom. The van der Waals surface area contributed by atoms with E-state index in [1.165, 1.54) is 6.92 Å². The molecule has 19 heavy (non-hydrogen) atoms. The van der Waals surface area contributed by atoms with Gasteiger partial charge < -0.3 is 19.5 Å². The van der Waals surface area contributed by atoms with E-state index in [-0.39, 0.29) is 17.9 Å². The van der Waals surface area contributed by atoms with E-state index in [1.807, 2.05) is 0 Å². The summed E-state index contributed by atoms with van der Waals surface area (Å²) in [4.78, 5) is 28.8. The molecule has 0 spiro atoms. The van der Waals surface area contributed by atoms with E-state index in [4.69, 9.17) is 4.74 Å². The zero-order valence-electron chi connectivity index (χ0n) is 11.1. The van der Waals surface area contributed by atoms with Gasteiger partial charge in [-0.1, -0.05) is 0 Å². The van der Waals surface area contributed by atoms with Gasteiger partial charge in [-0.2, -0.15) is 0 Å². The van der Waals surface area contributed by atoms with Gasteiger partial charge in [0.15, 0.2) is 5.82 Å². The van der Waals surface area contributed by atoms with Gasteiger partial charge in [0.05, 0.1) is 12.7 Å². The summed E-state index contributed by atoms with van der Waals surface area (Å²) in [7, 11) is 1.76. The Morgan fingerprint density at radius 2 is 2.37 bits per heavy atom. The van der Waals surface area contributed by atoms with Crippen LogP contribution in [0.4, 0.5) is 0 Å². The molecule has 1 fully saturated rings. The average molecular weight is 266 g/mol. The third-order valence-electron chi connectivity index (χ3n) is 3.10. The predicted octanol–water partition coefficient (Wildman–Crippen LogP) is -0.603. The van der Waals surface area contributed by atoms with Crippen LogP contribution in [0.25, 0.3) is 0 Å². The minimum absolute atomic E-state index is 0.0312.